The lowest BCUT2D eigenvalue weighted by molar-refractivity contribution is -0.142. The van der Waals surface area contributed by atoms with Gasteiger partial charge in [-0.1, -0.05) is 35.5 Å². The summed E-state index contributed by atoms with van der Waals surface area (Å²) >= 11 is 0. The van der Waals surface area contributed by atoms with Gasteiger partial charge in [-0.3, -0.25) is 9.59 Å². The molecule has 1 aromatic heterocycles. The number of carbonyl (C=O) groups is 3. The van der Waals surface area contributed by atoms with E-state index in [-0.39, 0.29) is 31.7 Å². The molecule has 0 fully saturated rings. The maximum atomic E-state index is 14.1. The topological polar surface area (TPSA) is 125 Å². The molecule has 0 aliphatic carbocycles. The van der Waals surface area contributed by atoms with Gasteiger partial charge < -0.3 is 24.4 Å². The summed E-state index contributed by atoms with van der Waals surface area (Å²) in [4.78, 5) is 41.6. The van der Waals surface area contributed by atoms with E-state index >= 15 is 0 Å². The summed E-state index contributed by atoms with van der Waals surface area (Å²) in [5.41, 5.74) is 2.37. The highest BCUT2D eigenvalue weighted by Gasteiger charge is 2.34. The molecule has 0 saturated carbocycles. The number of hydrogen-bond acceptors (Lipinski definition) is 8. The second-order valence-electron chi connectivity index (χ2n) is 10.7. The highest BCUT2D eigenvalue weighted by atomic mass is 16.7. The Labute approximate surface area is 237 Å². The Kier molecular flexibility index (Phi) is 7.60. The standard InChI is InChI=1S/C30H31N5O6/c1-30(2,3)31-28(37)27(20-10-12-21(13-11-20)29(38)39-4)34(16-19-9-14-24-25(15-19)41-18-40-24)26(36)17-35-23-8-6-5-7-22(23)32-33-35/h5-15,27H,16-18H2,1-4H3,(H,31,37)/t27-/m0/s1. The number of carbonyl (C=O) groups excluding carboxylic acids is 3. The molecule has 1 N–H and O–H groups in total. The van der Waals surface area contributed by atoms with Gasteiger partial charge in [0.15, 0.2) is 11.5 Å². The van der Waals surface area contributed by atoms with Gasteiger partial charge in [0.1, 0.15) is 18.1 Å². The first kappa shape index (κ1) is 27.6. The lowest BCUT2D eigenvalue weighted by atomic mass is 9.99. The summed E-state index contributed by atoms with van der Waals surface area (Å²) in [5.74, 6) is -0.0553. The molecule has 5 rings (SSSR count). The van der Waals surface area contributed by atoms with Gasteiger partial charge in [-0.2, -0.15) is 0 Å². The van der Waals surface area contributed by atoms with Gasteiger partial charge >= 0.3 is 5.97 Å². The van der Waals surface area contributed by atoms with Gasteiger partial charge in [0.2, 0.25) is 18.6 Å². The Hall–Kier alpha value is -4.93. The number of hydrogen-bond donors (Lipinski definition) is 1. The molecule has 0 saturated heterocycles. The Morgan fingerprint density at radius 1 is 1.02 bits per heavy atom. The molecular weight excluding hydrogens is 526 g/mol. The first-order chi connectivity index (χ1) is 19.6. The zero-order valence-electron chi connectivity index (χ0n) is 23.3. The second-order valence-corrected chi connectivity index (χ2v) is 10.7. The molecule has 3 aromatic carbocycles. The summed E-state index contributed by atoms with van der Waals surface area (Å²) in [6.45, 7) is 5.66. The summed E-state index contributed by atoms with van der Waals surface area (Å²) in [6, 6.07) is 18.2. The van der Waals surface area contributed by atoms with Crippen LogP contribution in [0, 0.1) is 0 Å². The van der Waals surface area contributed by atoms with E-state index in [1.165, 1.54) is 16.7 Å². The summed E-state index contributed by atoms with van der Waals surface area (Å²) in [7, 11) is 1.30. The van der Waals surface area contributed by atoms with Crippen LogP contribution < -0.4 is 14.8 Å². The number of rotatable bonds is 8. The number of nitrogens with one attached hydrogen (secondary N) is 1. The number of nitrogens with zero attached hydrogens (tertiary/aromatic N) is 4. The molecule has 4 aromatic rings. The first-order valence-corrected chi connectivity index (χ1v) is 13.1. The number of amides is 2. The maximum absolute atomic E-state index is 14.1. The van der Waals surface area contributed by atoms with E-state index in [0.29, 0.717) is 33.7 Å². The number of esters is 1. The van der Waals surface area contributed by atoms with Crippen molar-refractivity contribution < 1.29 is 28.6 Å². The van der Waals surface area contributed by atoms with Crippen molar-refractivity contribution in [2.75, 3.05) is 13.9 Å². The van der Waals surface area contributed by atoms with E-state index in [0.717, 1.165) is 5.56 Å². The third-order valence-corrected chi connectivity index (χ3v) is 6.52. The molecule has 11 nitrogen and oxygen atoms in total. The second kappa shape index (κ2) is 11.3. The number of aromatic nitrogens is 3. The van der Waals surface area contributed by atoms with Gasteiger partial charge in [-0.25, -0.2) is 9.48 Å². The Morgan fingerprint density at radius 2 is 1.76 bits per heavy atom. The van der Waals surface area contributed by atoms with Crippen LogP contribution in [0.15, 0.2) is 66.7 Å². The van der Waals surface area contributed by atoms with Crippen LogP contribution >= 0.6 is 0 Å². The molecule has 0 unspecified atom stereocenters. The average Bonchev–Trinajstić information content (AvgIpc) is 3.58. The summed E-state index contributed by atoms with van der Waals surface area (Å²) in [6.07, 6.45) is 0. The fraction of sp³-hybridized carbons (Fsp3) is 0.300. The Balaban J connectivity index is 1.56. The Bertz CT molecular complexity index is 1590. The predicted octanol–water partition coefficient (Wildman–Crippen LogP) is 3.63. The minimum Gasteiger partial charge on any atom is -0.465 e. The zero-order chi connectivity index (χ0) is 29.1. The van der Waals surface area contributed by atoms with Gasteiger partial charge in [0, 0.05) is 12.1 Å². The van der Waals surface area contributed by atoms with E-state index in [9.17, 15) is 14.4 Å². The van der Waals surface area contributed by atoms with E-state index in [2.05, 4.69) is 15.6 Å². The smallest absolute Gasteiger partial charge is 0.337 e. The molecular formula is C30H31N5O6. The molecule has 0 bridgehead atoms. The predicted molar refractivity (Wildman–Crippen MR) is 149 cm³/mol. The molecule has 1 atom stereocenters. The van der Waals surface area contributed by atoms with Crippen molar-refractivity contribution >= 4 is 28.8 Å². The molecule has 1 aliphatic heterocycles. The molecule has 2 amide bonds. The van der Waals surface area contributed by atoms with E-state index in [1.54, 1.807) is 36.4 Å². The molecule has 2 heterocycles. The lowest BCUT2D eigenvalue weighted by Crippen LogP contribution is -2.49. The van der Waals surface area contributed by atoms with Gasteiger partial charge in [-0.15, -0.1) is 5.10 Å². The van der Waals surface area contributed by atoms with Crippen molar-refractivity contribution in [1.82, 2.24) is 25.2 Å². The van der Waals surface area contributed by atoms with Gasteiger partial charge in [0.25, 0.3) is 0 Å². The fourth-order valence-electron chi connectivity index (χ4n) is 4.64. The normalized spacial score (nSPS) is 13.1. The van der Waals surface area contributed by atoms with Crippen LogP contribution in [0.4, 0.5) is 0 Å². The van der Waals surface area contributed by atoms with Crippen LogP contribution in [-0.2, 0) is 27.4 Å². The van der Waals surface area contributed by atoms with Crippen molar-refractivity contribution in [3.8, 4) is 11.5 Å². The summed E-state index contributed by atoms with van der Waals surface area (Å²) < 4.78 is 17.3. The summed E-state index contributed by atoms with van der Waals surface area (Å²) in [5, 5.41) is 11.4. The number of methoxy groups -OCH3 is 1. The Morgan fingerprint density at radius 3 is 2.49 bits per heavy atom. The van der Waals surface area contributed by atoms with Crippen LogP contribution in [0.25, 0.3) is 11.0 Å². The van der Waals surface area contributed by atoms with Crippen molar-refractivity contribution in [3.05, 3.63) is 83.4 Å². The molecule has 212 valence electrons. The van der Waals surface area contributed by atoms with Crippen molar-refractivity contribution in [2.45, 2.75) is 45.4 Å². The SMILES string of the molecule is COC(=O)c1ccc([C@@H](C(=O)NC(C)(C)C)N(Cc2ccc3c(c2)OCO3)C(=O)Cn2nnc3ccccc32)cc1. The third kappa shape index (κ3) is 6.13. The highest BCUT2D eigenvalue weighted by Crippen LogP contribution is 2.34. The molecule has 11 heteroatoms. The molecule has 41 heavy (non-hydrogen) atoms. The van der Waals surface area contributed by atoms with Gasteiger partial charge in [-0.05, 0) is 68.3 Å². The van der Waals surface area contributed by atoms with Crippen molar-refractivity contribution in [1.29, 1.82) is 0 Å². The minimum atomic E-state index is -1.03. The maximum Gasteiger partial charge on any atom is 0.337 e. The van der Waals surface area contributed by atoms with Crippen LogP contribution in [0.5, 0.6) is 11.5 Å². The van der Waals surface area contributed by atoms with E-state index < -0.39 is 17.6 Å². The number of ether oxygens (including phenoxy) is 3. The molecule has 0 spiro atoms. The minimum absolute atomic E-state index is 0.0864. The molecule has 1 aliphatic rings. The third-order valence-electron chi connectivity index (χ3n) is 6.52. The number of fused-ring (bicyclic) bond motifs is 2. The quantitative estimate of drug-likeness (QED) is 0.326. The van der Waals surface area contributed by atoms with E-state index in [4.69, 9.17) is 14.2 Å². The number of para-hydroxylation sites is 1. The highest BCUT2D eigenvalue weighted by molar-refractivity contribution is 5.91. The van der Waals surface area contributed by atoms with Crippen LogP contribution in [0.1, 0.15) is 48.3 Å². The van der Waals surface area contributed by atoms with Crippen LogP contribution in [0.3, 0.4) is 0 Å². The van der Waals surface area contributed by atoms with E-state index in [1.807, 2.05) is 51.1 Å². The monoisotopic (exact) mass is 557 g/mol. The molecule has 0 radical (unpaired) electrons. The first-order valence-electron chi connectivity index (χ1n) is 13.1. The van der Waals surface area contributed by atoms with Crippen LogP contribution in [-0.4, -0.2) is 57.1 Å². The lowest BCUT2D eigenvalue weighted by Gasteiger charge is -2.34. The average molecular weight is 558 g/mol. The number of benzene rings is 3. The zero-order valence-corrected chi connectivity index (χ0v) is 23.3. The van der Waals surface area contributed by atoms with Crippen LogP contribution in [0.2, 0.25) is 0 Å². The van der Waals surface area contributed by atoms with Crippen molar-refractivity contribution in [3.63, 3.8) is 0 Å². The largest absolute Gasteiger partial charge is 0.465 e. The van der Waals surface area contributed by atoms with Gasteiger partial charge in [0.05, 0.1) is 18.2 Å². The van der Waals surface area contributed by atoms with Crippen molar-refractivity contribution in [2.24, 2.45) is 0 Å². The fourth-order valence-corrected chi connectivity index (χ4v) is 4.64.